The van der Waals surface area contributed by atoms with Crippen LogP contribution in [0, 0.1) is 0 Å². The maximum Gasteiger partial charge on any atom is 0.295 e. The molecule has 34 heavy (non-hydrogen) atoms. The van der Waals surface area contributed by atoms with Gasteiger partial charge in [-0.1, -0.05) is 40.7 Å². The molecule has 8 heteroatoms. The van der Waals surface area contributed by atoms with Crippen molar-refractivity contribution in [3.63, 3.8) is 0 Å². The van der Waals surface area contributed by atoms with Gasteiger partial charge in [-0.15, -0.1) is 0 Å². The van der Waals surface area contributed by atoms with Crippen LogP contribution >= 0.6 is 15.9 Å². The lowest BCUT2D eigenvalue weighted by atomic mass is 9.95. The average Bonchev–Trinajstić information content (AvgIpc) is 3.45. The van der Waals surface area contributed by atoms with Crippen molar-refractivity contribution in [1.29, 1.82) is 0 Å². The first kappa shape index (κ1) is 23.5. The fourth-order valence-electron chi connectivity index (χ4n) is 3.96. The van der Waals surface area contributed by atoms with E-state index in [2.05, 4.69) is 27.5 Å². The number of aromatic nitrogens is 2. The number of hydrogen-bond acceptors (Lipinski definition) is 5. The predicted octanol–water partition coefficient (Wildman–Crippen LogP) is 4.72. The number of ether oxygens (including phenoxy) is 1. The Balaban J connectivity index is 1.68. The summed E-state index contributed by atoms with van der Waals surface area (Å²) in [6, 6.07) is 13.5. The molecular formula is C26H24BrN3O4. The standard InChI is InChI=1S/C26H24BrN3O4/c1-2-16-34-21-10-6-19(7-11-21)24(31)22-23(18-4-8-20(27)9-5-18)30(26(33)25(22)32)14-3-13-29-15-12-28-17-29/h2,4-12,15,17,23,31H,1,3,13-14,16H2/t23-/m0/s1. The number of ketones is 1. The first-order chi connectivity index (χ1) is 16.5. The van der Waals surface area contributed by atoms with E-state index < -0.39 is 17.7 Å². The van der Waals surface area contributed by atoms with Gasteiger partial charge in [-0.2, -0.15) is 0 Å². The lowest BCUT2D eigenvalue weighted by molar-refractivity contribution is -0.139. The molecule has 3 aromatic rings. The van der Waals surface area contributed by atoms with E-state index in [1.54, 1.807) is 42.9 Å². The van der Waals surface area contributed by atoms with E-state index in [1.165, 1.54) is 4.90 Å². The van der Waals surface area contributed by atoms with Crippen LogP contribution in [0.25, 0.3) is 5.76 Å². The lowest BCUT2D eigenvalue weighted by Crippen LogP contribution is -2.31. The quantitative estimate of drug-likeness (QED) is 0.190. The monoisotopic (exact) mass is 521 g/mol. The van der Waals surface area contributed by atoms with Gasteiger partial charge >= 0.3 is 0 Å². The number of imidazole rings is 1. The number of hydrogen-bond donors (Lipinski definition) is 1. The molecule has 0 unspecified atom stereocenters. The number of aryl methyl sites for hydroxylation is 1. The normalized spacial score (nSPS) is 17.2. The number of carbonyl (C=O) groups excluding carboxylic acids is 2. The smallest absolute Gasteiger partial charge is 0.295 e. The zero-order valence-corrected chi connectivity index (χ0v) is 20.0. The third kappa shape index (κ3) is 4.97. The molecule has 0 radical (unpaired) electrons. The number of halogens is 1. The molecule has 7 nitrogen and oxygen atoms in total. The second-order valence-corrected chi connectivity index (χ2v) is 8.74. The van der Waals surface area contributed by atoms with Gasteiger partial charge in [0.05, 0.1) is 17.9 Å². The molecule has 2 aromatic carbocycles. The molecule has 1 aromatic heterocycles. The number of Topliss-reactive ketones (excluding diaryl/α,β-unsaturated/α-hetero) is 1. The topological polar surface area (TPSA) is 84.7 Å². The number of amides is 1. The van der Waals surface area contributed by atoms with Crippen LogP contribution in [-0.2, 0) is 16.1 Å². The number of aliphatic hydroxyl groups excluding tert-OH is 1. The molecule has 0 aliphatic carbocycles. The van der Waals surface area contributed by atoms with Crippen LogP contribution in [0.3, 0.4) is 0 Å². The Hall–Kier alpha value is -3.65. The summed E-state index contributed by atoms with van der Waals surface area (Å²) in [5.41, 5.74) is 1.26. The minimum atomic E-state index is -0.694. The summed E-state index contributed by atoms with van der Waals surface area (Å²) >= 11 is 3.43. The van der Waals surface area contributed by atoms with Crippen molar-refractivity contribution in [2.75, 3.05) is 13.2 Å². The number of aliphatic hydroxyl groups is 1. The molecule has 4 rings (SSSR count). The van der Waals surface area contributed by atoms with Crippen LogP contribution < -0.4 is 4.74 Å². The molecule has 1 fully saturated rings. The van der Waals surface area contributed by atoms with Crippen molar-refractivity contribution < 1.29 is 19.4 Å². The van der Waals surface area contributed by atoms with Crippen LogP contribution in [0.15, 0.2) is 90.0 Å². The van der Waals surface area contributed by atoms with Crippen molar-refractivity contribution in [3.8, 4) is 5.75 Å². The first-order valence-corrected chi connectivity index (χ1v) is 11.6. The van der Waals surface area contributed by atoms with E-state index in [1.807, 2.05) is 35.0 Å². The summed E-state index contributed by atoms with van der Waals surface area (Å²) in [7, 11) is 0. The molecular weight excluding hydrogens is 498 g/mol. The highest BCUT2D eigenvalue weighted by Crippen LogP contribution is 2.40. The Morgan fingerprint density at radius 1 is 1.12 bits per heavy atom. The van der Waals surface area contributed by atoms with Crippen LogP contribution in [-0.4, -0.2) is 44.4 Å². The second-order valence-electron chi connectivity index (χ2n) is 7.82. The van der Waals surface area contributed by atoms with Gasteiger partial charge in [0.2, 0.25) is 0 Å². The van der Waals surface area contributed by atoms with Crippen LogP contribution in [0.2, 0.25) is 0 Å². The molecule has 1 N–H and O–H groups in total. The Morgan fingerprint density at radius 3 is 2.50 bits per heavy atom. The second kappa shape index (κ2) is 10.5. The zero-order chi connectivity index (χ0) is 24.1. The van der Waals surface area contributed by atoms with Crippen LogP contribution in [0.4, 0.5) is 0 Å². The number of benzene rings is 2. The lowest BCUT2D eigenvalue weighted by Gasteiger charge is -2.25. The minimum Gasteiger partial charge on any atom is -0.507 e. The third-order valence-corrected chi connectivity index (χ3v) is 6.12. The van der Waals surface area contributed by atoms with Gasteiger partial charge in [-0.25, -0.2) is 4.98 Å². The third-order valence-electron chi connectivity index (χ3n) is 5.60. The van der Waals surface area contributed by atoms with Crippen LogP contribution in [0.1, 0.15) is 23.6 Å². The average molecular weight is 522 g/mol. The summed E-state index contributed by atoms with van der Waals surface area (Å²) in [6.45, 7) is 4.99. The number of nitrogens with zero attached hydrogens (tertiary/aromatic N) is 3. The maximum absolute atomic E-state index is 13.1. The zero-order valence-electron chi connectivity index (χ0n) is 18.4. The van der Waals surface area contributed by atoms with Gasteiger partial charge in [0.1, 0.15) is 18.1 Å². The largest absolute Gasteiger partial charge is 0.507 e. The summed E-state index contributed by atoms with van der Waals surface area (Å²) < 4.78 is 8.29. The number of likely N-dealkylation sites (tertiary alicyclic amines) is 1. The Bertz CT molecular complexity index is 1200. The van der Waals surface area contributed by atoms with E-state index in [0.717, 1.165) is 10.0 Å². The summed E-state index contributed by atoms with van der Waals surface area (Å²) in [5.74, 6) is -0.911. The molecule has 0 bridgehead atoms. The Morgan fingerprint density at radius 2 is 1.85 bits per heavy atom. The Labute approximate surface area is 206 Å². The summed E-state index contributed by atoms with van der Waals surface area (Å²) in [6.07, 6.45) is 7.53. The highest BCUT2D eigenvalue weighted by Gasteiger charge is 2.45. The molecule has 1 saturated heterocycles. The fraction of sp³-hybridized carbons (Fsp3) is 0.192. The molecule has 0 saturated carbocycles. The molecule has 174 valence electrons. The Kier molecular flexibility index (Phi) is 7.27. The molecule has 1 atom stereocenters. The van der Waals surface area contributed by atoms with Gasteiger partial charge in [-0.05, 0) is 48.4 Å². The summed E-state index contributed by atoms with van der Waals surface area (Å²) in [4.78, 5) is 31.7. The van der Waals surface area contributed by atoms with Gasteiger partial charge < -0.3 is 19.3 Å². The highest BCUT2D eigenvalue weighted by atomic mass is 79.9. The number of carbonyl (C=O) groups is 2. The van der Waals surface area contributed by atoms with Crippen molar-refractivity contribution in [3.05, 3.63) is 101 Å². The first-order valence-electron chi connectivity index (χ1n) is 10.8. The van der Waals surface area contributed by atoms with E-state index in [0.29, 0.717) is 37.4 Å². The predicted molar refractivity (Wildman–Crippen MR) is 132 cm³/mol. The van der Waals surface area contributed by atoms with Crippen LogP contribution in [0.5, 0.6) is 5.75 Å². The van der Waals surface area contributed by atoms with Crippen molar-refractivity contribution in [2.45, 2.75) is 19.0 Å². The SMILES string of the molecule is C=CCOc1ccc(C(O)=C2C(=O)C(=O)N(CCCn3ccnc3)[C@H]2c2ccc(Br)cc2)cc1. The number of rotatable bonds is 9. The van der Waals surface area contributed by atoms with Gasteiger partial charge in [0.15, 0.2) is 0 Å². The van der Waals surface area contributed by atoms with Gasteiger partial charge in [0, 0.05) is 35.5 Å². The molecule has 1 aliphatic heterocycles. The summed E-state index contributed by atoms with van der Waals surface area (Å²) in [5, 5.41) is 11.2. The molecule has 2 heterocycles. The molecule has 0 spiro atoms. The van der Waals surface area contributed by atoms with Gasteiger partial charge in [-0.3, -0.25) is 9.59 Å². The van der Waals surface area contributed by atoms with E-state index >= 15 is 0 Å². The maximum atomic E-state index is 13.1. The highest BCUT2D eigenvalue weighted by molar-refractivity contribution is 9.10. The van der Waals surface area contributed by atoms with Crippen molar-refractivity contribution in [2.24, 2.45) is 0 Å². The molecule has 1 amide bonds. The van der Waals surface area contributed by atoms with E-state index in [9.17, 15) is 14.7 Å². The fourth-order valence-corrected chi connectivity index (χ4v) is 4.23. The van der Waals surface area contributed by atoms with Gasteiger partial charge in [0.25, 0.3) is 11.7 Å². The van der Waals surface area contributed by atoms with Crippen molar-refractivity contribution >= 4 is 33.4 Å². The van der Waals surface area contributed by atoms with E-state index in [-0.39, 0.29) is 11.3 Å². The minimum absolute atomic E-state index is 0.0784. The molecule has 1 aliphatic rings. The van der Waals surface area contributed by atoms with E-state index in [4.69, 9.17) is 4.74 Å². The van der Waals surface area contributed by atoms with Crippen molar-refractivity contribution in [1.82, 2.24) is 14.5 Å².